The Morgan fingerprint density at radius 2 is 1.68 bits per heavy atom. The Labute approximate surface area is 162 Å². The van der Waals surface area contributed by atoms with Crippen LogP contribution < -0.4 is 5.32 Å². The molecule has 0 radical (unpaired) electrons. The first-order valence-electron chi connectivity index (χ1n) is 9.25. The Bertz CT molecular complexity index is 921. The maximum atomic E-state index is 12.3. The van der Waals surface area contributed by atoms with Crippen molar-refractivity contribution >= 4 is 17.9 Å². The van der Waals surface area contributed by atoms with Gasteiger partial charge in [-0.15, -0.1) is 0 Å². The average molecular weight is 376 g/mol. The highest BCUT2D eigenvalue weighted by atomic mass is 16.6. The van der Waals surface area contributed by atoms with Crippen molar-refractivity contribution in [2.24, 2.45) is 0 Å². The molecule has 1 aliphatic heterocycles. The Hall–Kier alpha value is -3.41. The van der Waals surface area contributed by atoms with E-state index in [4.69, 9.17) is 4.74 Å². The van der Waals surface area contributed by atoms with Crippen LogP contribution >= 0.6 is 0 Å². The van der Waals surface area contributed by atoms with E-state index < -0.39 is 18.2 Å². The molecular formula is C22H20N2O4. The second-order valence-electron chi connectivity index (χ2n) is 6.83. The van der Waals surface area contributed by atoms with Gasteiger partial charge in [-0.05, 0) is 23.1 Å². The molecule has 2 aliphatic rings. The summed E-state index contributed by atoms with van der Waals surface area (Å²) in [6, 6.07) is 16.8. The number of hydrogen-bond acceptors (Lipinski definition) is 4. The lowest BCUT2D eigenvalue weighted by atomic mass is 10.1. The lowest BCUT2D eigenvalue weighted by Gasteiger charge is -2.28. The first kappa shape index (κ1) is 18.0. The minimum atomic E-state index is -0.609. The fraction of sp³-hybridized carbons (Fsp3) is 0.227. The van der Waals surface area contributed by atoms with Crippen LogP contribution in [0.1, 0.15) is 22.7 Å². The van der Waals surface area contributed by atoms with Crippen LogP contribution in [0.25, 0.3) is 0 Å². The quantitative estimate of drug-likeness (QED) is 0.814. The van der Waals surface area contributed by atoms with Gasteiger partial charge in [0, 0.05) is 25.1 Å². The second-order valence-corrected chi connectivity index (χ2v) is 6.83. The van der Waals surface area contributed by atoms with Crippen molar-refractivity contribution in [1.82, 2.24) is 10.2 Å². The molecule has 6 nitrogen and oxygen atoms in total. The molecule has 0 fully saturated rings. The second kappa shape index (κ2) is 7.68. The van der Waals surface area contributed by atoms with E-state index in [1.807, 2.05) is 54.6 Å². The molecule has 2 atom stereocenters. The number of fused-ring (bicyclic) bond motifs is 1. The van der Waals surface area contributed by atoms with E-state index in [0.29, 0.717) is 19.4 Å². The highest BCUT2D eigenvalue weighted by molar-refractivity contribution is 6.13. The Morgan fingerprint density at radius 3 is 2.43 bits per heavy atom. The molecule has 0 unspecified atom stereocenters. The van der Waals surface area contributed by atoms with E-state index in [1.165, 1.54) is 17.1 Å². The largest absolute Gasteiger partial charge is 0.443 e. The standard InChI is InChI=1S/C22H20N2O4/c25-19-10-11-20(26)24(19)21-17-9-5-4-8-16(17)14-18(21)28-22(27)23-13-12-15-6-2-1-3-7-15/h1-11,18,21H,12-14H2,(H,23,27)/t18-,21-/m0/s1. The van der Waals surface area contributed by atoms with Crippen LogP contribution in [0.2, 0.25) is 0 Å². The summed E-state index contributed by atoms with van der Waals surface area (Å²) >= 11 is 0. The van der Waals surface area contributed by atoms with Gasteiger partial charge in [0.15, 0.2) is 0 Å². The summed E-state index contributed by atoms with van der Waals surface area (Å²) < 4.78 is 5.63. The minimum Gasteiger partial charge on any atom is -0.443 e. The molecule has 0 bridgehead atoms. The molecule has 142 valence electrons. The number of hydrogen-bond donors (Lipinski definition) is 1. The fourth-order valence-electron chi connectivity index (χ4n) is 3.77. The van der Waals surface area contributed by atoms with Gasteiger partial charge >= 0.3 is 6.09 Å². The van der Waals surface area contributed by atoms with Crippen LogP contribution in [-0.2, 0) is 27.2 Å². The molecule has 3 amide bonds. The fourth-order valence-corrected chi connectivity index (χ4v) is 3.77. The van der Waals surface area contributed by atoms with Crippen LogP contribution in [-0.4, -0.2) is 35.5 Å². The van der Waals surface area contributed by atoms with E-state index in [0.717, 1.165) is 16.7 Å². The van der Waals surface area contributed by atoms with E-state index in [2.05, 4.69) is 5.32 Å². The van der Waals surface area contributed by atoms with Gasteiger partial charge in [0.05, 0.1) is 0 Å². The number of nitrogens with zero attached hydrogens (tertiary/aromatic N) is 1. The molecule has 0 saturated carbocycles. The normalized spacial score (nSPS) is 20.4. The van der Waals surface area contributed by atoms with Crippen molar-refractivity contribution < 1.29 is 19.1 Å². The molecule has 1 aliphatic carbocycles. The van der Waals surface area contributed by atoms with Gasteiger partial charge in [0.2, 0.25) is 0 Å². The van der Waals surface area contributed by atoms with Crippen molar-refractivity contribution in [3.63, 3.8) is 0 Å². The van der Waals surface area contributed by atoms with E-state index >= 15 is 0 Å². The zero-order valence-electron chi connectivity index (χ0n) is 15.2. The van der Waals surface area contributed by atoms with E-state index in [1.54, 1.807) is 0 Å². The van der Waals surface area contributed by atoms with Crippen molar-refractivity contribution in [2.45, 2.75) is 25.0 Å². The zero-order valence-corrected chi connectivity index (χ0v) is 15.2. The van der Waals surface area contributed by atoms with Crippen molar-refractivity contribution in [1.29, 1.82) is 0 Å². The molecule has 2 aromatic carbocycles. The van der Waals surface area contributed by atoms with Crippen LogP contribution in [0.5, 0.6) is 0 Å². The van der Waals surface area contributed by atoms with Crippen LogP contribution in [0.15, 0.2) is 66.7 Å². The number of benzene rings is 2. The summed E-state index contributed by atoms with van der Waals surface area (Å²) in [5.41, 5.74) is 2.94. The topological polar surface area (TPSA) is 75.7 Å². The molecule has 1 heterocycles. The van der Waals surface area contributed by atoms with Gasteiger partial charge in [-0.2, -0.15) is 0 Å². The summed E-state index contributed by atoms with van der Waals surface area (Å²) in [4.78, 5) is 37.9. The summed E-state index contributed by atoms with van der Waals surface area (Å²) in [6.07, 6.45) is 2.50. The molecular weight excluding hydrogens is 356 g/mol. The molecule has 28 heavy (non-hydrogen) atoms. The molecule has 4 rings (SSSR count). The van der Waals surface area contributed by atoms with Crippen LogP contribution in [0.3, 0.4) is 0 Å². The number of carbonyl (C=O) groups is 3. The molecule has 2 aromatic rings. The number of ether oxygens (including phenoxy) is 1. The molecule has 1 N–H and O–H groups in total. The monoisotopic (exact) mass is 376 g/mol. The third kappa shape index (κ3) is 3.53. The van der Waals surface area contributed by atoms with Gasteiger partial charge in [-0.25, -0.2) is 4.79 Å². The van der Waals surface area contributed by atoms with Crippen molar-refractivity contribution in [2.75, 3.05) is 6.54 Å². The van der Waals surface area contributed by atoms with Crippen molar-refractivity contribution in [3.8, 4) is 0 Å². The Balaban J connectivity index is 1.43. The SMILES string of the molecule is O=C(NCCc1ccccc1)O[C@H]1Cc2ccccc2[C@@H]1N1C(=O)C=CC1=O. The van der Waals surface area contributed by atoms with Crippen molar-refractivity contribution in [3.05, 3.63) is 83.4 Å². The van der Waals surface area contributed by atoms with Crippen LogP contribution in [0.4, 0.5) is 4.79 Å². The average Bonchev–Trinajstić information content (AvgIpc) is 3.21. The van der Waals surface area contributed by atoms with E-state index in [-0.39, 0.29) is 11.8 Å². The predicted octanol–water partition coefficient (Wildman–Crippen LogP) is 2.55. The Kier molecular flexibility index (Phi) is 4.93. The van der Waals surface area contributed by atoms with E-state index in [9.17, 15) is 14.4 Å². The van der Waals surface area contributed by atoms with Crippen LogP contribution in [0, 0.1) is 0 Å². The minimum absolute atomic E-state index is 0.384. The maximum absolute atomic E-state index is 12.3. The highest BCUT2D eigenvalue weighted by Crippen LogP contribution is 2.39. The molecule has 0 saturated heterocycles. The number of imide groups is 1. The summed E-state index contributed by atoms with van der Waals surface area (Å²) in [7, 11) is 0. The molecule has 6 heteroatoms. The van der Waals surface area contributed by atoms with Gasteiger partial charge in [0.1, 0.15) is 12.1 Å². The number of carbonyl (C=O) groups excluding carboxylic acids is 3. The third-order valence-corrected chi connectivity index (χ3v) is 5.05. The van der Waals surface area contributed by atoms with Gasteiger partial charge in [0.25, 0.3) is 11.8 Å². The Morgan fingerprint density at radius 1 is 1.00 bits per heavy atom. The lowest BCUT2D eigenvalue weighted by Crippen LogP contribution is -2.42. The van der Waals surface area contributed by atoms with Gasteiger partial charge in [-0.3, -0.25) is 14.5 Å². The number of alkyl carbamates (subject to hydrolysis) is 1. The third-order valence-electron chi connectivity index (χ3n) is 5.05. The number of rotatable bonds is 5. The predicted molar refractivity (Wildman–Crippen MR) is 102 cm³/mol. The summed E-state index contributed by atoms with van der Waals surface area (Å²) in [6.45, 7) is 0.441. The van der Waals surface area contributed by atoms with Gasteiger partial charge in [-0.1, -0.05) is 54.6 Å². The molecule has 0 spiro atoms. The molecule has 0 aromatic heterocycles. The maximum Gasteiger partial charge on any atom is 0.407 e. The van der Waals surface area contributed by atoms with Gasteiger partial charge < -0.3 is 10.1 Å². The smallest absolute Gasteiger partial charge is 0.407 e. The summed E-state index contributed by atoms with van der Waals surface area (Å²) in [5.74, 6) is -0.769. The zero-order chi connectivity index (χ0) is 19.5. The number of amides is 3. The lowest BCUT2D eigenvalue weighted by molar-refractivity contribution is -0.142. The number of nitrogens with one attached hydrogen (secondary N) is 1. The highest BCUT2D eigenvalue weighted by Gasteiger charge is 2.44. The first-order valence-corrected chi connectivity index (χ1v) is 9.25. The first-order chi connectivity index (χ1) is 13.6. The summed E-state index contributed by atoms with van der Waals surface area (Å²) in [5, 5.41) is 2.75.